The van der Waals surface area contributed by atoms with Crippen LogP contribution in [0.3, 0.4) is 0 Å². The predicted molar refractivity (Wildman–Crippen MR) is 90.1 cm³/mol. The molecular weight excluding hydrogens is 383 g/mol. The predicted octanol–water partition coefficient (Wildman–Crippen LogP) is 4.19. The summed E-state index contributed by atoms with van der Waals surface area (Å²) in [5.74, 6) is -0.205. The monoisotopic (exact) mass is 392 g/mol. The molecule has 0 atom stereocenters. The minimum absolute atomic E-state index is 0.103. The van der Waals surface area contributed by atoms with E-state index in [1.54, 1.807) is 12.1 Å². The van der Waals surface area contributed by atoms with Gasteiger partial charge in [-0.1, -0.05) is 0 Å². The van der Waals surface area contributed by atoms with Crippen LogP contribution in [-0.4, -0.2) is 22.0 Å². The number of pyridine rings is 2. The van der Waals surface area contributed by atoms with E-state index in [4.69, 9.17) is 4.74 Å². The van der Waals surface area contributed by atoms with Gasteiger partial charge in [0, 0.05) is 17.6 Å². The minimum Gasteiger partial charge on any atom is -0.495 e. The molecule has 122 valence electrons. The quantitative estimate of drug-likeness (QED) is 0.528. The lowest BCUT2D eigenvalue weighted by Gasteiger charge is -2.11. The molecule has 0 unspecified atom stereocenters. The molecule has 0 saturated heterocycles. The van der Waals surface area contributed by atoms with Gasteiger partial charge in [0.15, 0.2) is 11.6 Å². The largest absolute Gasteiger partial charge is 0.495 e. The van der Waals surface area contributed by atoms with Crippen molar-refractivity contribution in [3.05, 3.63) is 57.1 Å². The van der Waals surface area contributed by atoms with Gasteiger partial charge < -0.3 is 10.1 Å². The Labute approximate surface area is 143 Å². The fourth-order valence-electron chi connectivity index (χ4n) is 2.21. The second-order valence-electron chi connectivity index (χ2n) is 4.74. The Hall–Kier alpha value is -2.81. The van der Waals surface area contributed by atoms with Crippen LogP contribution in [0, 0.1) is 15.9 Å². The number of nitrogens with zero attached hydrogens (tertiary/aromatic N) is 3. The molecule has 0 fully saturated rings. The Morgan fingerprint density at radius 2 is 2.17 bits per heavy atom. The first-order valence-corrected chi connectivity index (χ1v) is 7.48. The summed E-state index contributed by atoms with van der Waals surface area (Å²) in [5.41, 5.74) is 0.273. The Morgan fingerprint density at radius 3 is 2.83 bits per heavy atom. The third-order valence-electron chi connectivity index (χ3n) is 3.32. The van der Waals surface area contributed by atoms with Crippen molar-refractivity contribution in [1.82, 2.24) is 9.97 Å². The number of hydrogen-bond donors (Lipinski definition) is 1. The highest BCUT2D eigenvalue weighted by Gasteiger charge is 2.21. The highest BCUT2D eigenvalue weighted by Crippen LogP contribution is 2.38. The molecule has 0 aliphatic carbocycles. The number of anilines is 2. The van der Waals surface area contributed by atoms with E-state index in [-0.39, 0.29) is 17.2 Å². The number of halogens is 2. The second kappa shape index (κ2) is 6.36. The van der Waals surface area contributed by atoms with Crippen molar-refractivity contribution in [3.8, 4) is 5.75 Å². The number of nitrogens with one attached hydrogen (secondary N) is 1. The fourth-order valence-corrected chi connectivity index (χ4v) is 2.71. The zero-order valence-electron chi connectivity index (χ0n) is 12.3. The Kier molecular flexibility index (Phi) is 4.26. The number of nitro groups is 1. The average Bonchev–Trinajstić information content (AvgIpc) is 2.56. The average molecular weight is 393 g/mol. The number of benzene rings is 1. The molecule has 0 radical (unpaired) electrons. The molecule has 1 aromatic carbocycles. The zero-order valence-corrected chi connectivity index (χ0v) is 13.9. The molecule has 7 nitrogen and oxygen atoms in total. The van der Waals surface area contributed by atoms with Crippen LogP contribution in [0.2, 0.25) is 0 Å². The van der Waals surface area contributed by atoms with E-state index < -0.39 is 10.7 Å². The van der Waals surface area contributed by atoms with E-state index in [2.05, 4.69) is 31.2 Å². The summed E-state index contributed by atoms with van der Waals surface area (Å²) < 4.78 is 19.6. The topological polar surface area (TPSA) is 90.2 Å². The first-order chi connectivity index (χ1) is 11.5. The molecule has 0 aliphatic rings. The molecule has 3 rings (SSSR count). The zero-order chi connectivity index (χ0) is 17.3. The molecule has 0 aliphatic heterocycles. The molecular formula is C15H10BrFN4O3. The number of hydrogen-bond acceptors (Lipinski definition) is 6. The van der Waals surface area contributed by atoms with Crippen LogP contribution < -0.4 is 10.1 Å². The van der Waals surface area contributed by atoms with Gasteiger partial charge >= 0.3 is 5.69 Å². The van der Waals surface area contributed by atoms with Gasteiger partial charge in [-0.15, -0.1) is 0 Å². The lowest BCUT2D eigenvalue weighted by molar-refractivity contribution is -0.384. The Balaban J connectivity index is 2.26. The molecule has 3 aromatic rings. The van der Waals surface area contributed by atoms with Crippen molar-refractivity contribution < 1.29 is 14.1 Å². The third kappa shape index (κ3) is 2.85. The van der Waals surface area contributed by atoms with E-state index in [1.807, 2.05) is 0 Å². The molecule has 0 saturated carbocycles. The van der Waals surface area contributed by atoms with Gasteiger partial charge in [0.05, 0.1) is 22.0 Å². The number of fused-ring (bicyclic) bond motifs is 1. The number of ether oxygens (including phenoxy) is 1. The van der Waals surface area contributed by atoms with E-state index >= 15 is 0 Å². The molecule has 0 bridgehead atoms. The summed E-state index contributed by atoms with van der Waals surface area (Å²) in [6.07, 6.45) is 2.50. The smallest absolute Gasteiger partial charge is 0.311 e. The molecule has 2 aromatic heterocycles. The summed E-state index contributed by atoms with van der Waals surface area (Å²) in [6.45, 7) is 0. The molecule has 9 heteroatoms. The SMILES string of the molecule is COc1cc2ncc([N+](=O)[O-])c(Nc3ncccc3F)c2cc1Br. The summed E-state index contributed by atoms with van der Waals surface area (Å²) in [5, 5.41) is 14.5. The standard InChI is InChI=1S/C15H10BrFN4O3/c1-24-13-6-11-8(5-9(13)16)14(12(7-19-11)21(22)23)20-15-10(17)3-2-4-18-15/h2-7H,1H3,(H,18,19,20). The van der Waals surface area contributed by atoms with Crippen molar-refractivity contribution in [3.63, 3.8) is 0 Å². The van der Waals surface area contributed by atoms with Crippen LogP contribution in [0.5, 0.6) is 5.75 Å². The molecule has 24 heavy (non-hydrogen) atoms. The number of methoxy groups -OCH3 is 1. The van der Waals surface area contributed by atoms with Crippen molar-refractivity contribution >= 4 is 44.0 Å². The normalized spacial score (nSPS) is 10.6. The van der Waals surface area contributed by atoms with Gasteiger partial charge in [0.2, 0.25) is 0 Å². The Bertz CT molecular complexity index is 951. The van der Waals surface area contributed by atoms with Crippen molar-refractivity contribution in [2.75, 3.05) is 12.4 Å². The maximum atomic E-state index is 13.9. The summed E-state index contributed by atoms with van der Waals surface area (Å²) in [7, 11) is 1.50. The van der Waals surface area contributed by atoms with Crippen LogP contribution in [0.15, 0.2) is 41.1 Å². The lowest BCUT2D eigenvalue weighted by Crippen LogP contribution is -2.02. The fraction of sp³-hybridized carbons (Fsp3) is 0.0667. The maximum Gasteiger partial charge on any atom is 0.311 e. The van der Waals surface area contributed by atoms with Crippen molar-refractivity contribution in [2.24, 2.45) is 0 Å². The summed E-state index contributed by atoms with van der Waals surface area (Å²) in [6, 6.07) is 5.89. The van der Waals surface area contributed by atoms with Crippen LogP contribution in [0.1, 0.15) is 0 Å². The van der Waals surface area contributed by atoms with Crippen LogP contribution in [0.4, 0.5) is 21.6 Å². The molecule has 2 heterocycles. The number of rotatable bonds is 4. The second-order valence-corrected chi connectivity index (χ2v) is 5.59. The molecule has 0 amide bonds. The third-order valence-corrected chi connectivity index (χ3v) is 3.94. The van der Waals surface area contributed by atoms with Gasteiger partial charge in [-0.3, -0.25) is 10.1 Å². The highest BCUT2D eigenvalue weighted by atomic mass is 79.9. The van der Waals surface area contributed by atoms with E-state index in [0.717, 1.165) is 6.20 Å². The van der Waals surface area contributed by atoms with Gasteiger partial charge in [0.1, 0.15) is 17.6 Å². The molecule has 0 spiro atoms. The van der Waals surface area contributed by atoms with Crippen molar-refractivity contribution in [2.45, 2.75) is 0 Å². The van der Waals surface area contributed by atoms with Gasteiger partial charge in [0.25, 0.3) is 0 Å². The summed E-state index contributed by atoms with van der Waals surface area (Å²) >= 11 is 3.33. The van der Waals surface area contributed by atoms with Crippen molar-refractivity contribution in [1.29, 1.82) is 0 Å². The van der Waals surface area contributed by atoms with Crippen LogP contribution in [0.25, 0.3) is 10.9 Å². The molecule has 1 N–H and O–H groups in total. The first-order valence-electron chi connectivity index (χ1n) is 6.69. The van der Waals surface area contributed by atoms with Crippen LogP contribution in [-0.2, 0) is 0 Å². The maximum absolute atomic E-state index is 13.9. The van der Waals surface area contributed by atoms with Gasteiger partial charge in [-0.05, 0) is 34.1 Å². The van der Waals surface area contributed by atoms with E-state index in [0.29, 0.717) is 21.1 Å². The van der Waals surface area contributed by atoms with Gasteiger partial charge in [-0.25, -0.2) is 14.4 Å². The van der Waals surface area contributed by atoms with Gasteiger partial charge in [-0.2, -0.15) is 0 Å². The van der Waals surface area contributed by atoms with E-state index in [9.17, 15) is 14.5 Å². The number of aromatic nitrogens is 2. The summed E-state index contributed by atoms with van der Waals surface area (Å²) in [4.78, 5) is 18.7. The minimum atomic E-state index is -0.621. The Morgan fingerprint density at radius 1 is 1.38 bits per heavy atom. The van der Waals surface area contributed by atoms with E-state index in [1.165, 1.54) is 25.4 Å². The highest BCUT2D eigenvalue weighted by molar-refractivity contribution is 9.10. The first kappa shape index (κ1) is 16.1. The lowest BCUT2D eigenvalue weighted by atomic mass is 10.1. The van der Waals surface area contributed by atoms with Crippen LogP contribution >= 0.6 is 15.9 Å².